The molecule has 1 rings (SSSR count). The SMILES string of the molecule is CCNc1cc(NCCCCCO)nc(COC)n1. The molecule has 0 atom stereocenters. The van der Waals surface area contributed by atoms with E-state index >= 15 is 0 Å². The second-order valence-electron chi connectivity index (χ2n) is 4.23. The zero-order chi connectivity index (χ0) is 13.9. The highest BCUT2D eigenvalue weighted by atomic mass is 16.5. The number of nitrogens with one attached hydrogen (secondary N) is 2. The van der Waals surface area contributed by atoms with Crippen LogP contribution in [0.1, 0.15) is 32.0 Å². The largest absolute Gasteiger partial charge is 0.396 e. The number of anilines is 2. The minimum atomic E-state index is 0.260. The van der Waals surface area contributed by atoms with E-state index < -0.39 is 0 Å². The van der Waals surface area contributed by atoms with Crippen molar-refractivity contribution in [2.45, 2.75) is 32.8 Å². The Balaban J connectivity index is 2.54. The van der Waals surface area contributed by atoms with Crippen molar-refractivity contribution in [3.8, 4) is 0 Å². The highest BCUT2D eigenvalue weighted by Gasteiger charge is 2.03. The van der Waals surface area contributed by atoms with Gasteiger partial charge in [0.05, 0.1) is 0 Å². The van der Waals surface area contributed by atoms with Crippen molar-refractivity contribution in [2.24, 2.45) is 0 Å². The van der Waals surface area contributed by atoms with Gasteiger partial charge in [-0.05, 0) is 26.2 Å². The normalized spacial score (nSPS) is 10.5. The summed E-state index contributed by atoms with van der Waals surface area (Å²) in [6.07, 6.45) is 2.88. The monoisotopic (exact) mass is 268 g/mol. The van der Waals surface area contributed by atoms with Crippen molar-refractivity contribution in [1.82, 2.24) is 9.97 Å². The van der Waals surface area contributed by atoms with Crippen LogP contribution in [0.4, 0.5) is 11.6 Å². The number of nitrogens with zero attached hydrogens (tertiary/aromatic N) is 2. The number of hydrogen-bond acceptors (Lipinski definition) is 6. The first-order valence-electron chi connectivity index (χ1n) is 6.75. The molecule has 6 nitrogen and oxygen atoms in total. The smallest absolute Gasteiger partial charge is 0.158 e. The molecule has 0 unspecified atom stereocenters. The Bertz CT molecular complexity index is 336. The second kappa shape index (κ2) is 9.52. The van der Waals surface area contributed by atoms with Gasteiger partial charge in [-0.25, -0.2) is 9.97 Å². The average molecular weight is 268 g/mol. The van der Waals surface area contributed by atoms with Crippen LogP contribution in [-0.2, 0) is 11.3 Å². The molecule has 1 heterocycles. The predicted molar refractivity (Wildman–Crippen MR) is 76.3 cm³/mol. The predicted octanol–water partition coefficient (Wildman–Crippen LogP) is 1.63. The number of aromatic nitrogens is 2. The molecule has 0 aromatic carbocycles. The Kier molecular flexibility index (Phi) is 7.84. The summed E-state index contributed by atoms with van der Waals surface area (Å²) in [4.78, 5) is 8.74. The summed E-state index contributed by atoms with van der Waals surface area (Å²) in [5, 5.41) is 15.2. The molecule has 19 heavy (non-hydrogen) atoms. The van der Waals surface area contributed by atoms with Crippen LogP contribution >= 0.6 is 0 Å². The van der Waals surface area contributed by atoms with Gasteiger partial charge >= 0.3 is 0 Å². The summed E-state index contributed by atoms with van der Waals surface area (Å²) >= 11 is 0. The van der Waals surface area contributed by atoms with E-state index in [2.05, 4.69) is 20.6 Å². The van der Waals surface area contributed by atoms with Crippen molar-refractivity contribution in [2.75, 3.05) is 37.4 Å². The molecule has 0 aliphatic heterocycles. The molecule has 0 fully saturated rings. The van der Waals surface area contributed by atoms with E-state index in [9.17, 15) is 0 Å². The quantitative estimate of drug-likeness (QED) is 0.560. The van der Waals surface area contributed by atoms with Gasteiger partial charge in [0.25, 0.3) is 0 Å². The van der Waals surface area contributed by atoms with Crippen LogP contribution in [0, 0.1) is 0 Å². The van der Waals surface area contributed by atoms with Crippen LogP contribution in [0.15, 0.2) is 6.07 Å². The Labute approximate surface area is 114 Å². The molecule has 0 bridgehead atoms. The summed E-state index contributed by atoms with van der Waals surface area (Å²) in [6.45, 7) is 4.35. The maximum Gasteiger partial charge on any atom is 0.158 e. The molecule has 6 heteroatoms. The Morgan fingerprint density at radius 1 is 1.16 bits per heavy atom. The van der Waals surface area contributed by atoms with E-state index in [-0.39, 0.29) is 6.61 Å². The maximum absolute atomic E-state index is 8.71. The van der Waals surface area contributed by atoms with Gasteiger partial charge in [0.15, 0.2) is 5.82 Å². The second-order valence-corrected chi connectivity index (χ2v) is 4.23. The fourth-order valence-corrected chi connectivity index (χ4v) is 1.68. The summed E-state index contributed by atoms with van der Waals surface area (Å²) in [5.74, 6) is 2.28. The highest BCUT2D eigenvalue weighted by Crippen LogP contribution is 2.12. The lowest BCUT2D eigenvalue weighted by molar-refractivity contribution is 0.178. The van der Waals surface area contributed by atoms with Gasteiger partial charge in [-0.15, -0.1) is 0 Å². The van der Waals surface area contributed by atoms with Crippen molar-refractivity contribution >= 4 is 11.6 Å². The van der Waals surface area contributed by atoms with E-state index in [0.29, 0.717) is 12.4 Å². The number of rotatable bonds is 10. The molecule has 0 saturated carbocycles. The third kappa shape index (κ3) is 6.35. The molecule has 1 aromatic heterocycles. The van der Waals surface area contributed by atoms with Gasteiger partial charge in [-0.1, -0.05) is 0 Å². The zero-order valence-corrected chi connectivity index (χ0v) is 11.8. The lowest BCUT2D eigenvalue weighted by Gasteiger charge is -2.10. The van der Waals surface area contributed by atoms with E-state index in [1.165, 1.54) is 0 Å². The zero-order valence-electron chi connectivity index (χ0n) is 11.8. The van der Waals surface area contributed by atoms with Gasteiger partial charge in [0, 0.05) is 32.9 Å². The number of aliphatic hydroxyl groups is 1. The number of methoxy groups -OCH3 is 1. The summed E-state index contributed by atoms with van der Waals surface area (Å²) < 4.78 is 5.07. The Hall–Kier alpha value is -1.40. The van der Waals surface area contributed by atoms with Crippen molar-refractivity contribution in [1.29, 1.82) is 0 Å². The van der Waals surface area contributed by atoms with E-state index in [4.69, 9.17) is 9.84 Å². The standard InChI is InChI=1S/C13H24N4O2/c1-3-14-11-9-12(15-7-5-4-6-8-18)17-13(16-11)10-19-2/h9,18H,3-8,10H2,1-2H3,(H2,14,15,16,17). The Morgan fingerprint density at radius 2 is 1.89 bits per heavy atom. The first-order valence-corrected chi connectivity index (χ1v) is 6.75. The summed E-state index contributed by atoms with van der Waals surface area (Å²) in [7, 11) is 1.63. The van der Waals surface area contributed by atoms with Crippen LogP contribution < -0.4 is 10.6 Å². The van der Waals surface area contributed by atoms with Gasteiger partial charge < -0.3 is 20.5 Å². The lowest BCUT2D eigenvalue weighted by Crippen LogP contribution is -2.09. The van der Waals surface area contributed by atoms with Gasteiger partial charge in [0.2, 0.25) is 0 Å². The van der Waals surface area contributed by atoms with E-state index in [1.54, 1.807) is 7.11 Å². The molecular formula is C13H24N4O2. The minimum absolute atomic E-state index is 0.260. The molecule has 0 aliphatic carbocycles. The number of unbranched alkanes of at least 4 members (excludes halogenated alkanes) is 2. The third-order valence-electron chi connectivity index (χ3n) is 2.54. The first-order chi connectivity index (χ1) is 9.30. The fraction of sp³-hybridized carbons (Fsp3) is 0.692. The van der Waals surface area contributed by atoms with E-state index in [1.807, 2.05) is 13.0 Å². The molecule has 0 saturated heterocycles. The summed E-state index contributed by atoms with van der Waals surface area (Å²) in [5.41, 5.74) is 0. The van der Waals surface area contributed by atoms with Gasteiger partial charge in [0.1, 0.15) is 18.2 Å². The van der Waals surface area contributed by atoms with Crippen LogP contribution in [0.2, 0.25) is 0 Å². The molecule has 3 N–H and O–H groups in total. The lowest BCUT2D eigenvalue weighted by atomic mass is 10.2. The molecule has 0 amide bonds. The molecular weight excluding hydrogens is 244 g/mol. The summed E-state index contributed by atoms with van der Waals surface area (Å²) in [6, 6.07) is 1.90. The third-order valence-corrected chi connectivity index (χ3v) is 2.54. The Morgan fingerprint density at radius 3 is 2.53 bits per heavy atom. The average Bonchev–Trinajstić information content (AvgIpc) is 2.39. The highest BCUT2D eigenvalue weighted by molar-refractivity contribution is 5.47. The molecule has 0 aliphatic rings. The fourth-order valence-electron chi connectivity index (χ4n) is 1.68. The van der Waals surface area contributed by atoms with Crippen molar-refractivity contribution < 1.29 is 9.84 Å². The molecule has 0 radical (unpaired) electrons. The number of hydrogen-bond donors (Lipinski definition) is 3. The van der Waals surface area contributed by atoms with Crippen molar-refractivity contribution in [3.63, 3.8) is 0 Å². The topological polar surface area (TPSA) is 79.3 Å². The molecule has 0 spiro atoms. The van der Waals surface area contributed by atoms with Crippen LogP contribution in [0.25, 0.3) is 0 Å². The first kappa shape index (κ1) is 15.7. The maximum atomic E-state index is 8.71. The number of ether oxygens (including phenoxy) is 1. The molecule has 108 valence electrons. The van der Waals surface area contributed by atoms with Gasteiger partial charge in [-0.3, -0.25) is 0 Å². The van der Waals surface area contributed by atoms with Crippen LogP contribution in [0.3, 0.4) is 0 Å². The van der Waals surface area contributed by atoms with Crippen LogP contribution in [-0.4, -0.2) is 41.9 Å². The molecule has 1 aromatic rings. The van der Waals surface area contributed by atoms with Crippen molar-refractivity contribution in [3.05, 3.63) is 11.9 Å². The van der Waals surface area contributed by atoms with E-state index in [0.717, 1.165) is 44.0 Å². The van der Waals surface area contributed by atoms with Crippen LogP contribution in [0.5, 0.6) is 0 Å². The minimum Gasteiger partial charge on any atom is -0.396 e. The number of aliphatic hydroxyl groups excluding tert-OH is 1. The van der Waals surface area contributed by atoms with Gasteiger partial charge in [-0.2, -0.15) is 0 Å².